The SMILES string of the molecule is C=C(C)C(F)(c1ccc(C)cc1)C(F)(F)F. The molecular weight excluding hydrogens is 220 g/mol. The third-order valence-electron chi connectivity index (χ3n) is 2.43. The molecule has 0 N–H and O–H groups in total. The Morgan fingerprint density at radius 2 is 1.50 bits per heavy atom. The Balaban J connectivity index is 3.34. The molecule has 1 unspecified atom stereocenters. The van der Waals surface area contributed by atoms with Gasteiger partial charge < -0.3 is 0 Å². The van der Waals surface area contributed by atoms with Crippen molar-refractivity contribution in [2.45, 2.75) is 25.7 Å². The van der Waals surface area contributed by atoms with E-state index in [0.717, 1.165) is 24.6 Å². The Morgan fingerprint density at radius 1 is 1.06 bits per heavy atom. The highest BCUT2D eigenvalue weighted by Gasteiger charge is 2.57. The predicted octanol–water partition coefficient (Wildman–Crippen LogP) is 4.30. The minimum atomic E-state index is -4.99. The van der Waals surface area contributed by atoms with Crippen molar-refractivity contribution in [1.29, 1.82) is 0 Å². The second-order valence-corrected chi connectivity index (χ2v) is 3.80. The summed E-state index contributed by atoms with van der Waals surface area (Å²) in [5.41, 5.74) is -3.70. The van der Waals surface area contributed by atoms with Crippen LogP contribution in [0.2, 0.25) is 0 Å². The topological polar surface area (TPSA) is 0 Å². The predicted molar refractivity (Wildman–Crippen MR) is 54.8 cm³/mol. The number of aryl methyl sites for hydroxylation is 1. The first-order chi connectivity index (χ1) is 7.19. The molecule has 4 heteroatoms. The van der Waals surface area contributed by atoms with Crippen LogP contribution < -0.4 is 0 Å². The summed E-state index contributed by atoms with van der Waals surface area (Å²) < 4.78 is 52.2. The fourth-order valence-corrected chi connectivity index (χ4v) is 1.44. The molecule has 0 aliphatic carbocycles. The van der Waals surface area contributed by atoms with Gasteiger partial charge in [0.2, 0.25) is 0 Å². The van der Waals surface area contributed by atoms with E-state index in [9.17, 15) is 17.6 Å². The number of hydrogen-bond donors (Lipinski definition) is 0. The van der Waals surface area contributed by atoms with E-state index < -0.39 is 23.0 Å². The lowest BCUT2D eigenvalue weighted by Crippen LogP contribution is -2.39. The highest BCUT2D eigenvalue weighted by atomic mass is 19.4. The van der Waals surface area contributed by atoms with Crippen molar-refractivity contribution in [3.63, 3.8) is 0 Å². The third kappa shape index (κ3) is 1.96. The molecule has 0 heterocycles. The maximum Gasteiger partial charge on any atom is 0.430 e. The van der Waals surface area contributed by atoms with Crippen molar-refractivity contribution in [3.05, 3.63) is 47.5 Å². The number of alkyl halides is 4. The molecule has 88 valence electrons. The molecule has 1 aromatic carbocycles. The maximum absolute atomic E-state index is 14.1. The largest absolute Gasteiger partial charge is 0.430 e. The van der Waals surface area contributed by atoms with Crippen molar-refractivity contribution < 1.29 is 17.6 Å². The van der Waals surface area contributed by atoms with E-state index in [1.165, 1.54) is 12.1 Å². The van der Waals surface area contributed by atoms with E-state index in [-0.39, 0.29) is 0 Å². The smallest absolute Gasteiger partial charge is 0.224 e. The Kier molecular flexibility index (Phi) is 3.13. The van der Waals surface area contributed by atoms with E-state index in [1.54, 1.807) is 6.92 Å². The molecule has 0 saturated heterocycles. The van der Waals surface area contributed by atoms with Gasteiger partial charge in [0.05, 0.1) is 0 Å². The van der Waals surface area contributed by atoms with Gasteiger partial charge in [-0.15, -0.1) is 0 Å². The quantitative estimate of drug-likeness (QED) is 0.526. The minimum absolute atomic E-state index is 0.432. The molecule has 0 fully saturated rings. The van der Waals surface area contributed by atoms with Gasteiger partial charge in [-0.3, -0.25) is 0 Å². The average molecular weight is 232 g/mol. The molecular formula is C12H12F4. The van der Waals surface area contributed by atoms with Crippen LogP contribution in [0.4, 0.5) is 17.6 Å². The zero-order valence-corrected chi connectivity index (χ0v) is 9.03. The Morgan fingerprint density at radius 3 is 1.81 bits per heavy atom. The Bertz CT molecular complexity index is 388. The van der Waals surface area contributed by atoms with Crippen molar-refractivity contribution in [2.24, 2.45) is 0 Å². The van der Waals surface area contributed by atoms with Gasteiger partial charge in [-0.05, 0) is 19.4 Å². The zero-order valence-electron chi connectivity index (χ0n) is 9.03. The zero-order chi connectivity index (χ0) is 12.6. The summed E-state index contributed by atoms with van der Waals surface area (Å²) in [6.07, 6.45) is -4.99. The molecule has 1 atom stereocenters. The molecule has 0 spiro atoms. The molecule has 0 radical (unpaired) electrons. The summed E-state index contributed by atoms with van der Waals surface area (Å²) in [5, 5.41) is 0. The first-order valence-corrected chi connectivity index (χ1v) is 4.68. The molecule has 0 bridgehead atoms. The molecule has 1 rings (SSSR count). The molecule has 0 saturated carbocycles. The van der Waals surface area contributed by atoms with Gasteiger partial charge in [0.1, 0.15) is 0 Å². The monoisotopic (exact) mass is 232 g/mol. The molecule has 0 nitrogen and oxygen atoms in total. The van der Waals surface area contributed by atoms with Crippen molar-refractivity contribution in [2.75, 3.05) is 0 Å². The van der Waals surface area contributed by atoms with Crippen LogP contribution >= 0.6 is 0 Å². The molecule has 0 aliphatic heterocycles. The van der Waals surface area contributed by atoms with E-state index in [2.05, 4.69) is 6.58 Å². The lowest BCUT2D eigenvalue weighted by molar-refractivity contribution is -0.220. The van der Waals surface area contributed by atoms with Crippen molar-refractivity contribution in [1.82, 2.24) is 0 Å². The summed E-state index contributed by atoms with van der Waals surface area (Å²) in [6.45, 7) is 5.85. The van der Waals surface area contributed by atoms with Gasteiger partial charge in [-0.2, -0.15) is 13.2 Å². The first kappa shape index (κ1) is 12.7. The minimum Gasteiger partial charge on any atom is -0.224 e. The number of rotatable bonds is 2. The van der Waals surface area contributed by atoms with E-state index in [4.69, 9.17) is 0 Å². The van der Waals surface area contributed by atoms with Crippen LogP contribution in [0, 0.1) is 6.92 Å². The lowest BCUT2D eigenvalue weighted by atomic mass is 9.88. The Hall–Kier alpha value is -1.32. The summed E-state index contributed by atoms with van der Waals surface area (Å²) in [4.78, 5) is 0. The fourth-order valence-electron chi connectivity index (χ4n) is 1.44. The van der Waals surface area contributed by atoms with Gasteiger partial charge >= 0.3 is 6.18 Å². The number of halogens is 4. The molecule has 1 aromatic rings. The van der Waals surface area contributed by atoms with Gasteiger partial charge in [0.25, 0.3) is 5.67 Å². The summed E-state index contributed by atoms with van der Waals surface area (Å²) in [7, 11) is 0. The van der Waals surface area contributed by atoms with Crippen LogP contribution in [-0.4, -0.2) is 6.18 Å². The van der Waals surface area contributed by atoms with Crippen LogP contribution in [0.5, 0.6) is 0 Å². The van der Waals surface area contributed by atoms with E-state index in [1.807, 2.05) is 0 Å². The van der Waals surface area contributed by atoms with Gasteiger partial charge in [0, 0.05) is 5.56 Å². The van der Waals surface area contributed by atoms with Crippen LogP contribution in [0.15, 0.2) is 36.4 Å². The van der Waals surface area contributed by atoms with Crippen LogP contribution in [0.1, 0.15) is 18.1 Å². The lowest BCUT2D eigenvalue weighted by Gasteiger charge is -2.28. The van der Waals surface area contributed by atoms with Crippen LogP contribution in [0.3, 0.4) is 0 Å². The van der Waals surface area contributed by atoms with E-state index >= 15 is 0 Å². The molecule has 0 amide bonds. The Labute approximate surface area is 91.6 Å². The van der Waals surface area contributed by atoms with Crippen molar-refractivity contribution in [3.8, 4) is 0 Å². The normalized spacial score (nSPS) is 15.6. The number of allylic oxidation sites excluding steroid dienone is 1. The average Bonchev–Trinajstić information content (AvgIpc) is 2.15. The third-order valence-corrected chi connectivity index (χ3v) is 2.43. The summed E-state index contributed by atoms with van der Waals surface area (Å²) in [6, 6.07) is 5.16. The molecule has 0 aliphatic rings. The highest BCUT2D eigenvalue weighted by Crippen LogP contribution is 2.47. The second-order valence-electron chi connectivity index (χ2n) is 3.80. The van der Waals surface area contributed by atoms with Crippen LogP contribution in [0.25, 0.3) is 0 Å². The standard InChI is InChI=1S/C12H12F4/c1-8(2)11(13,12(14,15)16)10-6-4-9(3)5-7-10/h4-7H,1H2,2-3H3. The summed E-state index contributed by atoms with van der Waals surface area (Å²) >= 11 is 0. The summed E-state index contributed by atoms with van der Waals surface area (Å²) in [5.74, 6) is 0. The number of benzene rings is 1. The molecule has 16 heavy (non-hydrogen) atoms. The fraction of sp³-hybridized carbons (Fsp3) is 0.333. The van der Waals surface area contributed by atoms with Gasteiger partial charge in [-0.1, -0.05) is 36.4 Å². The number of hydrogen-bond acceptors (Lipinski definition) is 0. The van der Waals surface area contributed by atoms with Gasteiger partial charge in [0.15, 0.2) is 0 Å². The van der Waals surface area contributed by atoms with Crippen molar-refractivity contribution >= 4 is 0 Å². The maximum atomic E-state index is 14.1. The van der Waals surface area contributed by atoms with E-state index in [0.29, 0.717) is 0 Å². The first-order valence-electron chi connectivity index (χ1n) is 4.68. The second kappa shape index (κ2) is 3.92. The highest BCUT2D eigenvalue weighted by molar-refractivity contribution is 5.35. The van der Waals surface area contributed by atoms with Gasteiger partial charge in [-0.25, -0.2) is 4.39 Å². The molecule has 0 aromatic heterocycles. The van der Waals surface area contributed by atoms with Crippen LogP contribution in [-0.2, 0) is 5.67 Å².